The first-order chi connectivity index (χ1) is 14.3. The molecule has 3 rings (SSSR count). The summed E-state index contributed by atoms with van der Waals surface area (Å²) in [5.74, 6) is -3.16. The van der Waals surface area contributed by atoms with Gasteiger partial charge in [0.05, 0.1) is 29.2 Å². The van der Waals surface area contributed by atoms with Crippen molar-refractivity contribution in [3.63, 3.8) is 0 Å². The number of amides is 2. The van der Waals surface area contributed by atoms with Gasteiger partial charge >= 0.3 is 5.97 Å². The number of nitrogens with zero attached hydrogens (tertiary/aromatic N) is 2. The Morgan fingerprint density at radius 2 is 1.97 bits per heavy atom. The lowest BCUT2D eigenvalue weighted by molar-refractivity contribution is -0.152. The SMILES string of the molecule is C=CCN(C(=O)C1N([C@@H](CO)C(C)C)C(=O)[C@@H]2[C@H](C(=O)O)[C@]3(C)CCC12S3)C(C)(C)C. The summed E-state index contributed by atoms with van der Waals surface area (Å²) in [6.45, 7) is 15.4. The summed E-state index contributed by atoms with van der Waals surface area (Å²) in [7, 11) is 0. The molecular weight excluding hydrogens is 416 g/mol. The molecule has 8 heteroatoms. The van der Waals surface area contributed by atoms with Crippen LogP contribution in [0.25, 0.3) is 0 Å². The summed E-state index contributed by atoms with van der Waals surface area (Å²) in [5, 5.41) is 20.2. The van der Waals surface area contributed by atoms with Gasteiger partial charge in [0.25, 0.3) is 0 Å². The summed E-state index contributed by atoms with van der Waals surface area (Å²) in [5.41, 5.74) is -0.501. The highest BCUT2D eigenvalue weighted by molar-refractivity contribution is 8.02. The van der Waals surface area contributed by atoms with Crippen molar-refractivity contribution in [3.8, 4) is 0 Å². The number of rotatable bonds is 7. The Bertz CT molecular complexity index is 793. The van der Waals surface area contributed by atoms with Gasteiger partial charge in [-0.2, -0.15) is 0 Å². The number of hydrogen-bond donors (Lipinski definition) is 2. The van der Waals surface area contributed by atoms with Gasteiger partial charge in [0.15, 0.2) is 0 Å². The van der Waals surface area contributed by atoms with E-state index in [1.54, 1.807) is 15.9 Å². The second-order valence-corrected chi connectivity index (χ2v) is 12.6. The first kappa shape index (κ1) is 24.1. The van der Waals surface area contributed by atoms with Gasteiger partial charge in [0, 0.05) is 16.8 Å². The molecule has 0 radical (unpaired) electrons. The first-order valence-corrected chi connectivity index (χ1v) is 11.9. The number of carboxylic acid groups (broad SMARTS) is 1. The number of thioether (sulfide) groups is 1. The summed E-state index contributed by atoms with van der Waals surface area (Å²) in [4.78, 5) is 43.5. The van der Waals surface area contributed by atoms with Gasteiger partial charge in [-0.05, 0) is 46.5 Å². The number of likely N-dealkylation sites (tertiary alicyclic amines) is 1. The average Bonchev–Trinajstić information content (AvgIpc) is 3.20. The maximum Gasteiger partial charge on any atom is 0.308 e. The molecule has 0 saturated carbocycles. The lowest BCUT2D eigenvalue weighted by Crippen LogP contribution is -2.61. The van der Waals surface area contributed by atoms with Crippen LogP contribution in [0.5, 0.6) is 0 Å². The Morgan fingerprint density at radius 1 is 1.35 bits per heavy atom. The minimum Gasteiger partial charge on any atom is -0.481 e. The van der Waals surface area contributed by atoms with E-state index in [1.165, 1.54) is 11.8 Å². The van der Waals surface area contributed by atoms with E-state index in [0.717, 1.165) is 0 Å². The molecule has 2 amide bonds. The minimum absolute atomic E-state index is 0.0805. The molecule has 2 bridgehead atoms. The molecule has 1 spiro atoms. The van der Waals surface area contributed by atoms with Crippen LogP contribution in [0.4, 0.5) is 0 Å². The van der Waals surface area contributed by atoms with Crippen LogP contribution in [0.2, 0.25) is 0 Å². The molecule has 3 saturated heterocycles. The van der Waals surface area contributed by atoms with Gasteiger partial charge in [0.1, 0.15) is 6.04 Å². The largest absolute Gasteiger partial charge is 0.481 e. The third kappa shape index (κ3) is 3.41. The van der Waals surface area contributed by atoms with Crippen molar-refractivity contribution < 1.29 is 24.6 Å². The monoisotopic (exact) mass is 452 g/mol. The quantitative estimate of drug-likeness (QED) is 0.576. The van der Waals surface area contributed by atoms with Gasteiger partial charge in [-0.1, -0.05) is 19.9 Å². The number of carboxylic acids is 1. The Labute approximate surface area is 189 Å². The van der Waals surface area contributed by atoms with Gasteiger partial charge in [-0.25, -0.2) is 0 Å². The average molecular weight is 453 g/mol. The molecule has 0 aromatic carbocycles. The number of fused-ring (bicyclic) bond motifs is 1. The zero-order chi connectivity index (χ0) is 23.5. The van der Waals surface area contributed by atoms with E-state index in [2.05, 4.69) is 6.58 Å². The molecule has 174 valence electrons. The van der Waals surface area contributed by atoms with Crippen LogP contribution in [-0.2, 0) is 14.4 Å². The van der Waals surface area contributed by atoms with Crippen LogP contribution >= 0.6 is 11.8 Å². The molecule has 7 nitrogen and oxygen atoms in total. The van der Waals surface area contributed by atoms with Crippen LogP contribution in [-0.4, -0.2) is 78.1 Å². The van der Waals surface area contributed by atoms with Crippen LogP contribution < -0.4 is 0 Å². The first-order valence-electron chi connectivity index (χ1n) is 11.0. The molecular formula is C23H36N2O5S. The van der Waals surface area contributed by atoms with Gasteiger partial charge in [-0.15, -0.1) is 18.3 Å². The Hall–Kier alpha value is -1.54. The zero-order valence-corrected chi connectivity index (χ0v) is 20.2. The van der Waals surface area contributed by atoms with Crippen molar-refractivity contribution in [1.82, 2.24) is 9.80 Å². The third-order valence-corrected chi connectivity index (χ3v) is 9.40. The number of aliphatic hydroxyl groups excluding tert-OH is 1. The van der Waals surface area contributed by atoms with E-state index in [-0.39, 0.29) is 24.3 Å². The molecule has 2 unspecified atom stereocenters. The second-order valence-electron chi connectivity index (χ2n) is 10.7. The molecule has 3 aliphatic heterocycles. The smallest absolute Gasteiger partial charge is 0.308 e. The lowest BCUT2D eigenvalue weighted by Gasteiger charge is -2.44. The van der Waals surface area contributed by atoms with E-state index in [9.17, 15) is 24.6 Å². The molecule has 0 aromatic heterocycles. The highest BCUT2D eigenvalue weighted by Crippen LogP contribution is 2.71. The molecule has 3 heterocycles. The third-order valence-electron chi connectivity index (χ3n) is 7.42. The summed E-state index contributed by atoms with van der Waals surface area (Å²) < 4.78 is -1.37. The predicted molar refractivity (Wildman–Crippen MR) is 121 cm³/mol. The van der Waals surface area contributed by atoms with Crippen molar-refractivity contribution >= 4 is 29.5 Å². The van der Waals surface area contributed by atoms with Crippen molar-refractivity contribution in [3.05, 3.63) is 12.7 Å². The number of carbonyl (C=O) groups excluding carboxylic acids is 2. The van der Waals surface area contributed by atoms with Crippen LogP contribution in [0.15, 0.2) is 12.7 Å². The maximum atomic E-state index is 14.1. The van der Waals surface area contributed by atoms with Crippen LogP contribution in [0, 0.1) is 17.8 Å². The molecule has 6 atom stereocenters. The van der Waals surface area contributed by atoms with Crippen molar-refractivity contribution in [1.29, 1.82) is 0 Å². The van der Waals surface area contributed by atoms with Crippen molar-refractivity contribution in [2.75, 3.05) is 13.2 Å². The topological polar surface area (TPSA) is 98.2 Å². The number of aliphatic carboxylic acids is 1. The fourth-order valence-electron chi connectivity index (χ4n) is 5.97. The van der Waals surface area contributed by atoms with Gasteiger partial charge < -0.3 is 20.0 Å². The molecule has 3 fully saturated rings. The Kier molecular flexibility index (Phi) is 6.06. The highest BCUT2D eigenvalue weighted by Gasteiger charge is 2.78. The van der Waals surface area contributed by atoms with E-state index in [0.29, 0.717) is 19.4 Å². The van der Waals surface area contributed by atoms with Crippen molar-refractivity contribution in [2.24, 2.45) is 17.8 Å². The van der Waals surface area contributed by atoms with E-state index in [4.69, 9.17) is 0 Å². The van der Waals surface area contributed by atoms with Crippen LogP contribution in [0.1, 0.15) is 54.4 Å². The fourth-order valence-corrected chi connectivity index (χ4v) is 8.30. The predicted octanol–water partition coefficient (Wildman–Crippen LogP) is 2.38. The molecule has 2 N–H and O–H groups in total. The lowest BCUT2D eigenvalue weighted by atomic mass is 9.66. The summed E-state index contributed by atoms with van der Waals surface area (Å²) in [6.07, 6.45) is 2.94. The zero-order valence-electron chi connectivity index (χ0n) is 19.4. The standard InChI is InChI=1S/C23H36N2O5S/c1-8-11-24(21(4,5)6)19(28)17-23-10-9-22(7,31-23)16(20(29)30)15(23)18(27)25(17)14(12-26)13(2)3/h8,13-17,26H,1,9-12H2,2-7H3,(H,29,30)/t14-,15-,16+,17?,22-,23?/m0/s1. The highest BCUT2D eigenvalue weighted by atomic mass is 32.2. The van der Waals surface area contributed by atoms with Crippen molar-refractivity contribution in [2.45, 2.75) is 81.5 Å². The Balaban J connectivity index is 2.19. The molecule has 0 aromatic rings. The fraction of sp³-hybridized carbons (Fsp3) is 0.783. The van der Waals surface area contributed by atoms with E-state index >= 15 is 0 Å². The number of hydrogen-bond acceptors (Lipinski definition) is 5. The van der Waals surface area contributed by atoms with E-state index in [1.807, 2.05) is 41.5 Å². The van der Waals surface area contributed by atoms with Gasteiger partial charge in [0.2, 0.25) is 11.8 Å². The summed E-state index contributed by atoms with van der Waals surface area (Å²) in [6, 6.07) is -1.35. The number of aliphatic hydroxyl groups is 1. The van der Waals surface area contributed by atoms with Gasteiger partial charge in [-0.3, -0.25) is 14.4 Å². The molecule has 31 heavy (non-hydrogen) atoms. The minimum atomic E-state index is -0.980. The van der Waals surface area contributed by atoms with Crippen LogP contribution in [0.3, 0.4) is 0 Å². The Morgan fingerprint density at radius 3 is 2.42 bits per heavy atom. The molecule has 3 aliphatic rings. The second kappa shape index (κ2) is 7.80. The normalized spacial score (nSPS) is 35.4. The number of carbonyl (C=O) groups is 3. The van der Waals surface area contributed by atoms with E-state index < -0.39 is 44.9 Å². The maximum absolute atomic E-state index is 14.1. The molecule has 0 aliphatic carbocycles. The summed E-state index contributed by atoms with van der Waals surface area (Å²) >= 11 is 1.52.